The monoisotopic (exact) mass is 247 g/mol. The van der Waals surface area contributed by atoms with Crippen LogP contribution in [0.2, 0.25) is 0 Å². The summed E-state index contributed by atoms with van der Waals surface area (Å²) in [5.74, 6) is -0.346. The van der Waals surface area contributed by atoms with Gasteiger partial charge >= 0.3 is 0 Å². The van der Waals surface area contributed by atoms with Crippen molar-refractivity contribution >= 4 is 5.91 Å². The van der Waals surface area contributed by atoms with E-state index in [4.69, 9.17) is 5.73 Å². The molecular formula is C14H21N3O. The van der Waals surface area contributed by atoms with Gasteiger partial charge < -0.3 is 11.1 Å². The summed E-state index contributed by atoms with van der Waals surface area (Å²) < 4.78 is 0. The van der Waals surface area contributed by atoms with Crippen LogP contribution < -0.4 is 11.1 Å². The number of carbonyl (C=O) groups excluding carboxylic acids is 1. The molecule has 1 fully saturated rings. The molecule has 4 heteroatoms. The minimum Gasteiger partial charge on any atom is -0.366 e. The van der Waals surface area contributed by atoms with E-state index in [9.17, 15) is 4.79 Å². The molecule has 4 nitrogen and oxygen atoms in total. The third kappa shape index (κ3) is 2.71. The van der Waals surface area contributed by atoms with Crippen LogP contribution in [0.15, 0.2) is 24.3 Å². The average Bonchev–Trinajstić information content (AvgIpc) is 2.34. The van der Waals surface area contributed by atoms with Crippen molar-refractivity contribution in [3.8, 4) is 0 Å². The molecule has 0 saturated carbocycles. The van der Waals surface area contributed by atoms with Crippen LogP contribution in [0, 0.1) is 0 Å². The third-order valence-electron chi connectivity index (χ3n) is 3.65. The molecule has 2 atom stereocenters. The van der Waals surface area contributed by atoms with Gasteiger partial charge in [-0.15, -0.1) is 0 Å². The molecule has 1 amide bonds. The minimum absolute atomic E-state index is 0.346. The Morgan fingerprint density at radius 3 is 2.56 bits per heavy atom. The summed E-state index contributed by atoms with van der Waals surface area (Å²) in [6.07, 6.45) is 0. The lowest BCUT2D eigenvalue weighted by Gasteiger charge is -2.39. The standard InChI is InChI=1S/C14H21N3O/c1-10-7-16-8-11(2)17(10)9-12-5-3-4-6-13(12)14(15)18/h3-6,10-11,16H,7-9H2,1-2H3,(H2,15,18). The van der Waals surface area contributed by atoms with Crippen LogP contribution in [-0.4, -0.2) is 36.0 Å². The highest BCUT2D eigenvalue weighted by molar-refractivity contribution is 5.94. The summed E-state index contributed by atoms with van der Waals surface area (Å²) in [5, 5.41) is 3.40. The molecule has 1 heterocycles. The molecule has 1 aromatic rings. The highest BCUT2D eigenvalue weighted by Crippen LogP contribution is 2.17. The lowest BCUT2D eigenvalue weighted by Crippen LogP contribution is -2.54. The fourth-order valence-corrected chi connectivity index (χ4v) is 2.58. The quantitative estimate of drug-likeness (QED) is 0.836. The third-order valence-corrected chi connectivity index (χ3v) is 3.65. The van der Waals surface area contributed by atoms with E-state index in [1.165, 1.54) is 0 Å². The van der Waals surface area contributed by atoms with Crippen LogP contribution in [0.1, 0.15) is 29.8 Å². The Labute approximate surface area is 108 Å². The number of amides is 1. The molecule has 1 aromatic carbocycles. The van der Waals surface area contributed by atoms with Gasteiger partial charge in [-0.05, 0) is 25.5 Å². The molecule has 0 aliphatic carbocycles. The lowest BCUT2D eigenvalue weighted by molar-refractivity contribution is 0.0980. The molecule has 0 spiro atoms. The average molecular weight is 247 g/mol. The first-order valence-corrected chi connectivity index (χ1v) is 6.43. The van der Waals surface area contributed by atoms with E-state index < -0.39 is 0 Å². The van der Waals surface area contributed by atoms with E-state index >= 15 is 0 Å². The fourth-order valence-electron chi connectivity index (χ4n) is 2.58. The number of hydrogen-bond donors (Lipinski definition) is 2. The van der Waals surface area contributed by atoms with Crippen LogP contribution in [0.25, 0.3) is 0 Å². The molecule has 3 N–H and O–H groups in total. The number of benzene rings is 1. The molecule has 0 radical (unpaired) electrons. The van der Waals surface area contributed by atoms with Crippen molar-refractivity contribution in [2.75, 3.05) is 13.1 Å². The maximum atomic E-state index is 11.4. The lowest BCUT2D eigenvalue weighted by atomic mass is 10.0. The van der Waals surface area contributed by atoms with E-state index in [0.717, 1.165) is 25.2 Å². The number of piperazine rings is 1. The maximum Gasteiger partial charge on any atom is 0.249 e. The van der Waals surface area contributed by atoms with E-state index in [1.807, 2.05) is 18.2 Å². The van der Waals surface area contributed by atoms with Gasteiger partial charge in [-0.1, -0.05) is 18.2 Å². The summed E-state index contributed by atoms with van der Waals surface area (Å²) in [6.45, 7) is 7.17. The Morgan fingerprint density at radius 1 is 1.33 bits per heavy atom. The van der Waals surface area contributed by atoms with E-state index in [-0.39, 0.29) is 5.91 Å². The normalized spacial score (nSPS) is 25.0. The molecule has 98 valence electrons. The topological polar surface area (TPSA) is 58.4 Å². The fraction of sp³-hybridized carbons (Fsp3) is 0.500. The molecule has 18 heavy (non-hydrogen) atoms. The number of hydrogen-bond acceptors (Lipinski definition) is 3. The second-order valence-electron chi connectivity index (χ2n) is 5.05. The summed E-state index contributed by atoms with van der Waals surface area (Å²) in [6, 6.07) is 8.54. The highest BCUT2D eigenvalue weighted by Gasteiger charge is 2.25. The Bertz CT molecular complexity index is 423. The molecular weight excluding hydrogens is 226 g/mol. The van der Waals surface area contributed by atoms with Crippen molar-refractivity contribution < 1.29 is 4.79 Å². The molecule has 1 saturated heterocycles. The van der Waals surface area contributed by atoms with Gasteiger partial charge in [-0.25, -0.2) is 0 Å². The minimum atomic E-state index is -0.346. The second-order valence-corrected chi connectivity index (χ2v) is 5.05. The Hall–Kier alpha value is -1.39. The summed E-state index contributed by atoms with van der Waals surface area (Å²) >= 11 is 0. The van der Waals surface area contributed by atoms with Crippen molar-refractivity contribution in [1.82, 2.24) is 10.2 Å². The largest absolute Gasteiger partial charge is 0.366 e. The molecule has 1 aliphatic heterocycles. The van der Waals surface area contributed by atoms with Crippen LogP contribution >= 0.6 is 0 Å². The number of rotatable bonds is 3. The molecule has 0 aromatic heterocycles. The zero-order valence-corrected chi connectivity index (χ0v) is 11.0. The smallest absolute Gasteiger partial charge is 0.249 e. The number of nitrogens with one attached hydrogen (secondary N) is 1. The van der Waals surface area contributed by atoms with Crippen molar-refractivity contribution in [2.45, 2.75) is 32.5 Å². The molecule has 2 unspecified atom stereocenters. The van der Waals surface area contributed by atoms with Gasteiger partial charge in [0.2, 0.25) is 5.91 Å². The van der Waals surface area contributed by atoms with Crippen molar-refractivity contribution in [3.63, 3.8) is 0 Å². The van der Waals surface area contributed by atoms with Gasteiger partial charge in [0.15, 0.2) is 0 Å². The first kappa shape index (κ1) is 13.1. The van der Waals surface area contributed by atoms with Gasteiger partial charge in [0.05, 0.1) is 0 Å². The molecule has 1 aliphatic rings. The highest BCUT2D eigenvalue weighted by atomic mass is 16.1. The van der Waals surface area contributed by atoms with E-state index in [1.54, 1.807) is 6.07 Å². The summed E-state index contributed by atoms with van der Waals surface area (Å²) in [4.78, 5) is 13.8. The van der Waals surface area contributed by atoms with Crippen molar-refractivity contribution in [1.29, 1.82) is 0 Å². The number of nitrogens with two attached hydrogens (primary N) is 1. The second kappa shape index (κ2) is 5.50. The first-order chi connectivity index (χ1) is 8.59. The first-order valence-electron chi connectivity index (χ1n) is 6.43. The van der Waals surface area contributed by atoms with Crippen LogP contribution in [-0.2, 0) is 6.54 Å². The van der Waals surface area contributed by atoms with Gasteiger partial charge in [0, 0.05) is 37.3 Å². The Balaban J connectivity index is 2.20. The zero-order chi connectivity index (χ0) is 13.1. The Morgan fingerprint density at radius 2 is 1.94 bits per heavy atom. The number of primary amides is 1. The predicted molar refractivity (Wildman–Crippen MR) is 72.3 cm³/mol. The number of carbonyl (C=O) groups is 1. The van der Waals surface area contributed by atoms with Crippen LogP contribution in [0.3, 0.4) is 0 Å². The zero-order valence-electron chi connectivity index (χ0n) is 11.0. The summed E-state index contributed by atoms with van der Waals surface area (Å²) in [5.41, 5.74) is 7.07. The summed E-state index contributed by atoms with van der Waals surface area (Å²) in [7, 11) is 0. The maximum absolute atomic E-state index is 11.4. The van der Waals surface area contributed by atoms with Gasteiger partial charge in [-0.3, -0.25) is 9.69 Å². The van der Waals surface area contributed by atoms with Gasteiger partial charge in [-0.2, -0.15) is 0 Å². The molecule has 2 rings (SSSR count). The van der Waals surface area contributed by atoms with Crippen LogP contribution in [0.4, 0.5) is 0 Å². The van der Waals surface area contributed by atoms with E-state index in [0.29, 0.717) is 17.6 Å². The Kier molecular flexibility index (Phi) is 3.99. The molecule has 0 bridgehead atoms. The SMILES string of the molecule is CC1CNCC(C)N1Cc1ccccc1C(N)=O. The van der Waals surface area contributed by atoms with Crippen molar-refractivity contribution in [3.05, 3.63) is 35.4 Å². The van der Waals surface area contributed by atoms with E-state index in [2.05, 4.69) is 24.1 Å². The predicted octanol–water partition coefficient (Wildman–Crippen LogP) is 0.968. The van der Waals surface area contributed by atoms with Crippen molar-refractivity contribution in [2.24, 2.45) is 5.73 Å². The van der Waals surface area contributed by atoms with Gasteiger partial charge in [0.25, 0.3) is 0 Å². The number of nitrogens with zero attached hydrogens (tertiary/aromatic N) is 1. The van der Waals surface area contributed by atoms with Crippen LogP contribution in [0.5, 0.6) is 0 Å². The van der Waals surface area contributed by atoms with Gasteiger partial charge in [0.1, 0.15) is 0 Å².